The van der Waals surface area contributed by atoms with E-state index in [1.807, 2.05) is 12.1 Å². The van der Waals surface area contributed by atoms with Crippen molar-refractivity contribution in [3.05, 3.63) is 192 Å². The van der Waals surface area contributed by atoms with Crippen molar-refractivity contribution in [2.45, 2.75) is 6.42 Å². The molecule has 1 heterocycles. The van der Waals surface area contributed by atoms with Gasteiger partial charge in [0.25, 0.3) is 0 Å². The van der Waals surface area contributed by atoms with Gasteiger partial charge in [0.2, 0.25) is 0 Å². The van der Waals surface area contributed by atoms with E-state index in [0.29, 0.717) is 17.7 Å². The number of aromatic nitrogens is 1. The third-order valence-corrected chi connectivity index (χ3v) is 9.96. The van der Waals surface area contributed by atoms with Crippen LogP contribution in [0.3, 0.4) is 0 Å². The Labute approximate surface area is 290 Å². The highest BCUT2D eigenvalue weighted by molar-refractivity contribution is 6.15. The molecule has 0 aliphatic carbocycles. The molecular weight excluding hydrogens is 607 g/mol. The molecule has 0 radical (unpaired) electrons. The quantitative estimate of drug-likeness (QED) is 0.137. The van der Waals surface area contributed by atoms with E-state index in [0.717, 1.165) is 49.7 Å². The van der Waals surface area contributed by atoms with E-state index in [2.05, 4.69) is 161 Å². The topological polar surface area (TPSA) is 33.1 Å². The third-order valence-electron chi connectivity index (χ3n) is 9.96. The molecule has 9 aromatic rings. The van der Waals surface area contributed by atoms with Crippen LogP contribution in [0, 0.1) is 17.9 Å². The summed E-state index contributed by atoms with van der Waals surface area (Å²) >= 11 is 0. The van der Waals surface area contributed by atoms with Crippen molar-refractivity contribution in [1.29, 1.82) is 5.26 Å². The van der Waals surface area contributed by atoms with Gasteiger partial charge in [-0.25, -0.2) is 4.85 Å². The number of nitrogens with zero attached hydrogens (tertiary/aromatic N) is 3. The number of hydrogen-bond acceptors (Lipinski definition) is 1. The summed E-state index contributed by atoms with van der Waals surface area (Å²) < 4.78 is 2.29. The summed E-state index contributed by atoms with van der Waals surface area (Å²) in [5.74, 6) is 0. The lowest BCUT2D eigenvalue weighted by atomic mass is 9.84. The molecule has 8 aromatic carbocycles. The maximum absolute atomic E-state index is 10.5. The van der Waals surface area contributed by atoms with Gasteiger partial charge in [0.05, 0.1) is 29.2 Å². The number of rotatable bonds is 5. The van der Waals surface area contributed by atoms with E-state index in [9.17, 15) is 5.26 Å². The molecule has 0 spiro atoms. The van der Waals surface area contributed by atoms with Crippen LogP contribution < -0.4 is 0 Å². The first-order valence-electron chi connectivity index (χ1n) is 16.8. The lowest BCUT2D eigenvalue weighted by Crippen LogP contribution is -2.00. The molecule has 50 heavy (non-hydrogen) atoms. The molecule has 0 fully saturated rings. The van der Waals surface area contributed by atoms with Crippen LogP contribution >= 0.6 is 0 Å². The second-order valence-electron chi connectivity index (χ2n) is 12.6. The minimum absolute atomic E-state index is 0.498. The van der Waals surface area contributed by atoms with Gasteiger partial charge in [-0.2, -0.15) is 5.26 Å². The zero-order chi connectivity index (χ0) is 33.6. The van der Waals surface area contributed by atoms with Crippen LogP contribution in [0.4, 0.5) is 5.69 Å². The van der Waals surface area contributed by atoms with Crippen molar-refractivity contribution in [3.63, 3.8) is 0 Å². The molecule has 232 valence electrons. The largest absolute Gasteiger partial charge is 0.309 e. The molecule has 0 amide bonds. The van der Waals surface area contributed by atoms with Crippen LogP contribution in [0.2, 0.25) is 0 Å². The summed E-state index contributed by atoms with van der Waals surface area (Å²) in [6.45, 7) is 8.28. The summed E-state index contributed by atoms with van der Waals surface area (Å²) in [6, 6.07) is 59.2. The first-order chi connectivity index (χ1) is 24.7. The van der Waals surface area contributed by atoms with E-state index < -0.39 is 0 Å². The van der Waals surface area contributed by atoms with Gasteiger partial charge in [0.15, 0.2) is 5.69 Å². The van der Waals surface area contributed by atoms with Gasteiger partial charge in [0, 0.05) is 16.5 Å². The Hall–Kier alpha value is -6.94. The van der Waals surface area contributed by atoms with Gasteiger partial charge in [-0.1, -0.05) is 140 Å². The van der Waals surface area contributed by atoms with Gasteiger partial charge >= 0.3 is 0 Å². The highest BCUT2D eigenvalue weighted by atomic mass is 15.0. The lowest BCUT2D eigenvalue weighted by Gasteiger charge is -2.20. The molecule has 0 aliphatic heterocycles. The maximum atomic E-state index is 10.5. The zero-order valence-corrected chi connectivity index (χ0v) is 27.1. The fourth-order valence-electron chi connectivity index (χ4n) is 7.85. The van der Waals surface area contributed by atoms with Crippen LogP contribution in [-0.2, 0) is 6.42 Å². The number of fused-ring (bicyclic) bond motifs is 5. The number of para-hydroxylation sites is 2. The van der Waals surface area contributed by atoms with Gasteiger partial charge < -0.3 is 4.57 Å². The van der Waals surface area contributed by atoms with E-state index >= 15 is 0 Å². The fourth-order valence-corrected chi connectivity index (χ4v) is 7.85. The molecule has 0 atom stereocenters. The van der Waals surface area contributed by atoms with E-state index in [1.54, 1.807) is 6.07 Å². The lowest BCUT2D eigenvalue weighted by molar-refractivity contribution is 1.18. The molecule has 0 aliphatic rings. The number of nitriles is 1. The smallest absolute Gasteiger partial charge is 0.191 e. The zero-order valence-electron chi connectivity index (χ0n) is 27.1. The van der Waals surface area contributed by atoms with E-state index in [1.165, 1.54) is 32.7 Å². The molecule has 1 aromatic heterocycles. The van der Waals surface area contributed by atoms with Gasteiger partial charge in [-0.05, 0) is 85.6 Å². The Morgan fingerprint density at radius 2 is 1.04 bits per heavy atom. The minimum atomic E-state index is 0.498. The molecule has 3 nitrogen and oxygen atoms in total. The van der Waals surface area contributed by atoms with Crippen LogP contribution in [0.25, 0.3) is 76.1 Å². The van der Waals surface area contributed by atoms with Crippen molar-refractivity contribution >= 4 is 49.0 Å². The van der Waals surface area contributed by atoms with E-state index in [-0.39, 0.29) is 0 Å². The van der Waals surface area contributed by atoms with Crippen LogP contribution in [-0.4, -0.2) is 4.57 Å². The van der Waals surface area contributed by atoms with Gasteiger partial charge in [0.1, 0.15) is 0 Å². The van der Waals surface area contributed by atoms with E-state index in [4.69, 9.17) is 6.57 Å². The van der Waals surface area contributed by atoms with Crippen LogP contribution in [0.15, 0.2) is 164 Å². The molecule has 0 N–H and O–H groups in total. The van der Waals surface area contributed by atoms with Crippen molar-refractivity contribution in [2.24, 2.45) is 0 Å². The van der Waals surface area contributed by atoms with Gasteiger partial charge in [-0.3, -0.25) is 0 Å². The van der Waals surface area contributed by atoms with Crippen molar-refractivity contribution < 1.29 is 0 Å². The SMILES string of the molecule is [C-]#[N+]c1ccc(C#N)c(-c2cccc(-n3c4ccccc4c4ccccc43)c2)c1Cc1c2ccccc2c(-c2ccccc2)c2ccccc12. The molecular formula is C47H29N3. The first kappa shape index (κ1) is 29.2. The fraction of sp³-hybridized carbons (Fsp3) is 0.0213. The summed E-state index contributed by atoms with van der Waals surface area (Å²) in [6.07, 6.45) is 0.498. The molecule has 3 heteroatoms. The highest BCUT2D eigenvalue weighted by Crippen LogP contribution is 2.43. The molecule has 0 saturated carbocycles. The minimum Gasteiger partial charge on any atom is -0.309 e. The summed E-state index contributed by atoms with van der Waals surface area (Å²) in [5, 5.41) is 17.6. The highest BCUT2D eigenvalue weighted by Gasteiger charge is 2.21. The summed E-state index contributed by atoms with van der Waals surface area (Å²) in [7, 11) is 0. The van der Waals surface area contributed by atoms with Crippen molar-refractivity contribution in [2.75, 3.05) is 0 Å². The normalized spacial score (nSPS) is 11.2. The average molecular weight is 636 g/mol. The van der Waals surface area contributed by atoms with Crippen molar-refractivity contribution in [1.82, 2.24) is 4.57 Å². The predicted octanol–water partition coefficient (Wildman–Crippen LogP) is 12.4. The first-order valence-corrected chi connectivity index (χ1v) is 16.8. The third kappa shape index (κ3) is 4.57. The number of hydrogen-bond donors (Lipinski definition) is 0. The average Bonchev–Trinajstić information content (AvgIpc) is 3.52. The van der Waals surface area contributed by atoms with Crippen molar-refractivity contribution in [3.8, 4) is 34.0 Å². The summed E-state index contributed by atoms with van der Waals surface area (Å²) in [5.41, 5.74) is 10.5. The second kappa shape index (κ2) is 11.9. The molecule has 0 bridgehead atoms. The Morgan fingerprint density at radius 3 is 1.64 bits per heavy atom. The Kier molecular flexibility index (Phi) is 6.98. The standard InChI is InChI=1S/C47H29N3/c1-49-43-27-26-33(30-48)46(32-16-13-17-34(28-32)50-44-24-11-9-20-37(44)38-21-10-12-25-45(38)50)42(43)29-41-35-18-5-7-22-39(35)47(31-14-3-2-4-15-31)40-23-8-6-19-36(40)41/h2-28H,29H2. The van der Waals surface area contributed by atoms with Crippen LogP contribution in [0.1, 0.15) is 16.7 Å². The predicted molar refractivity (Wildman–Crippen MR) is 207 cm³/mol. The monoisotopic (exact) mass is 635 g/mol. The molecule has 0 saturated heterocycles. The number of benzene rings is 8. The molecule has 9 rings (SSSR count). The molecule has 0 unspecified atom stereocenters. The Bertz CT molecular complexity index is 2750. The second-order valence-corrected chi connectivity index (χ2v) is 12.6. The maximum Gasteiger partial charge on any atom is 0.191 e. The summed E-state index contributed by atoms with van der Waals surface area (Å²) in [4.78, 5) is 4.04. The van der Waals surface area contributed by atoms with Gasteiger partial charge in [-0.15, -0.1) is 0 Å². The van der Waals surface area contributed by atoms with Crippen LogP contribution in [0.5, 0.6) is 0 Å². The Morgan fingerprint density at radius 1 is 0.500 bits per heavy atom. The Balaban J connectivity index is 1.30.